The number of hydrogen-bond acceptors (Lipinski definition) is 5. The number of sulfonamides is 1. The molecule has 1 saturated carbocycles. The molecule has 0 radical (unpaired) electrons. The normalized spacial score (nSPS) is 15.2. The van der Waals surface area contributed by atoms with Gasteiger partial charge >= 0.3 is 0 Å². The molecule has 0 bridgehead atoms. The zero-order chi connectivity index (χ0) is 21.3. The van der Waals surface area contributed by atoms with Crippen LogP contribution in [0.1, 0.15) is 12.8 Å². The predicted molar refractivity (Wildman–Crippen MR) is 111 cm³/mol. The Morgan fingerprint density at radius 3 is 2.45 bits per heavy atom. The molecule has 158 valence electrons. The van der Waals surface area contributed by atoms with Crippen LogP contribution in [0.5, 0.6) is 0 Å². The average Bonchev–Trinajstić information content (AvgIpc) is 3.51. The molecule has 1 aliphatic rings. The van der Waals surface area contributed by atoms with Gasteiger partial charge in [0.15, 0.2) is 11.6 Å². The van der Waals surface area contributed by atoms with Gasteiger partial charge in [-0.2, -0.15) is 0 Å². The van der Waals surface area contributed by atoms with E-state index >= 15 is 0 Å². The summed E-state index contributed by atoms with van der Waals surface area (Å²) in [4.78, 5) is 0. The summed E-state index contributed by atoms with van der Waals surface area (Å²) in [6, 6.07) is 5.81. The van der Waals surface area contributed by atoms with Crippen molar-refractivity contribution < 1.29 is 31.8 Å². The van der Waals surface area contributed by atoms with Gasteiger partial charge in [-0.1, -0.05) is 0 Å². The number of hydrogen-bond donors (Lipinski definition) is 3. The van der Waals surface area contributed by atoms with Crippen molar-refractivity contribution in [3.63, 3.8) is 0 Å². The Kier molecular flexibility index (Phi) is 6.61. The monoisotopic (exact) mass is 542 g/mol. The summed E-state index contributed by atoms with van der Waals surface area (Å²) in [5.41, 5.74) is -1.05. The molecule has 3 N–H and O–H groups in total. The molecule has 2 aromatic rings. The van der Waals surface area contributed by atoms with E-state index in [4.69, 9.17) is 5.11 Å². The molecule has 1 atom stereocenters. The lowest BCUT2D eigenvalue weighted by Gasteiger charge is -2.28. The van der Waals surface area contributed by atoms with Crippen molar-refractivity contribution in [2.24, 2.45) is 0 Å². The Morgan fingerprint density at radius 2 is 1.86 bits per heavy atom. The number of nitrogens with zero attached hydrogens (tertiary/aromatic N) is 1. The molecule has 3 rings (SSSR count). The van der Waals surface area contributed by atoms with E-state index in [-0.39, 0.29) is 11.4 Å². The first-order valence-electron chi connectivity index (χ1n) is 8.65. The van der Waals surface area contributed by atoms with E-state index in [2.05, 4.69) is 5.32 Å². The molecule has 0 spiro atoms. The Morgan fingerprint density at radius 1 is 1.17 bits per heavy atom. The Labute approximate surface area is 179 Å². The molecule has 0 aromatic heterocycles. The van der Waals surface area contributed by atoms with Gasteiger partial charge in [0, 0.05) is 3.57 Å². The van der Waals surface area contributed by atoms with Gasteiger partial charge in [-0.3, -0.25) is 4.31 Å². The molecule has 11 heteroatoms. The first-order chi connectivity index (χ1) is 13.6. The quantitative estimate of drug-likeness (QED) is 0.447. The minimum absolute atomic E-state index is 0.178. The summed E-state index contributed by atoms with van der Waals surface area (Å²) in [5, 5.41) is 20.7. The fraction of sp³-hybridized carbons (Fsp3) is 0.333. The first-order valence-corrected chi connectivity index (χ1v) is 11.2. The van der Waals surface area contributed by atoms with Crippen molar-refractivity contribution in [3.05, 3.63) is 51.4 Å². The number of benzene rings is 2. The summed E-state index contributed by atoms with van der Waals surface area (Å²) >= 11 is 1.88. The second kappa shape index (κ2) is 8.66. The fourth-order valence-electron chi connectivity index (χ4n) is 2.73. The summed E-state index contributed by atoms with van der Waals surface area (Å²) in [7, 11) is -4.01. The van der Waals surface area contributed by atoms with Gasteiger partial charge in [0.2, 0.25) is 10.0 Å². The van der Waals surface area contributed by atoms with Crippen molar-refractivity contribution in [1.29, 1.82) is 0 Å². The molecule has 0 saturated heterocycles. The Bertz CT molecular complexity index is 1020. The van der Waals surface area contributed by atoms with Crippen LogP contribution < -0.4 is 9.62 Å². The summed E-state index contributed by atoms with van der Waals surface area (Å²) in [6.07, 6.45) is -0.655. The van der Waals surface area contributed by atoms with Crippen LogP contribution in [0.15, 0.2) is 30.3 Å². The fourth-order valence-corrected chi connectivity index (χ4v) is 5.08. The lowest BCUT2D eigenvalue weighted by atomic mass is 10.2. The maximum atomic E-state index is 14.6. The Balaban J connectivity index is 2.12. The van der Waals surface area contributed by atoms with Crippen LogP contribution in [0.3, 0.4) is 0 Å². The molecule has 6 nitrogen and oxygen atoms in total. The minimum atomic E-state index is -4.01. The van der Waals surface area contributed by atoms with E-state index in [0.29, 0.717) is 16.4 Å². The van der Waals surface area contributed by atoms with E-state index in [9.17, 15) is 26.7 Å². The van der Waals surface area contributed by atoms with Gasteiger partial charge in [-0.25, -0.2) is 21.6 Å². The minimum Gasteiger partial charge on any atom is -0.394 e. The molecule has 0 amide bonds. The van der Waals surface area contributed by atoms with Gasteiger partial charge in [0.05, 0.1) is 35.9 Å². The summed E-state index contributed by atoms with van der Waals surface area (Å²) in [5.74, 6) is -3.39. The third-order valence-corrected chi connectivity index (χ3v) is 7.32. The maximum absolute atomic E-state index is 14.6. The van der Waals surface area contributed by atoms with Crippen molar-refractivity contribution in [2.45, 2.75) is 24.2 Å². The molecule has 29 heavy (non-hydrogen) atoms. The highest BCUT2D eigenvalue weighted by Crippen LogP contribution is 2.39. The van der Waals surface area contributed by atoms with Crippen LogP contribution in [0.2, 0.25) is 0 Å². The van der Waals surface area contributed by atoms with Crippen molar-refractivity contribution in [3.8, 4) is 0 Å². The molecular weight excluding hydrogens is 524 g/mol. The summed E-state index contributed by atoms with van der Waals surface area (Å²) in [6.45, 7) is -1.29. The van der Waals surface area contributed by atoms with Crippen molar-refractivity contribution >= 4 is 49.7 Å². The third-order valence-electron chi connectivity index (χ3n) is 4.37. The second-order valence-corrected chi connectivity index (χ2v) is 10.00. The van der Waals surface area contributed by atoms with Gasteiger partial charge < -0.3 is 15.5 Å². The highest BCUT2D eigenvalue weighted by atomic mass is 127. The van der Waals surface area contributed by atoms with Gasteiger partial charge in [0.25, 0.3) is 0 Å². The topological polar surface area (TPSA) is 89.9 Å². The van der Waals surface area contributed by atoms with Crippen LogP contribution in [-0.4, -0.2) is 43.1 Å². The van der Waals surface area contributed by atoms with Crippen LogP contribution in [0.25, 0.3) is 0 Å². The molecule has 0 aliphatic heterocycles. The van der Waals surface area contributed by atoms with E-state index in [1.54, 1.807) is 0 Å². The molecule has 0 heterocycles. The first kappa shape index (κ1) is 22.1. The number of anilines is 3. The Hall–Kier alpha value is -1.57. The van der Waals surface area contributed by atoms with E-state index in [0.717, 1.165) is 16.4 Å². The van der Waals surface area contributed by atoms with Gasteiger partial charge in [-0.15, -0.1) is 0 Å². The number of halogens is 4. The number of aliphatic hydroxyl groups excluding tert-OH is 2. The zero-order valence-corrected chi connectivity index (χ0v) is 17.9. The van der Waals surface area contributed by atoms with Gasteiger partial charge in [-0.05, 0) is 65.8 Å². The third kappa shape index (κ3) is 4.78. The van der Waals surface area contributed by atoms with Crippen molar-refractivity contribution in [2.75, 3.05) is 22.8 Å². The lowest BCUT2D eigenvalue weighted by molar-refractivity contribution is 0.102. The van der Waals surface area contributed by atoms with Crippen LogP contribution >= 0.6 is 22.6 Å². The number of rotatable bonds is 8. The number of aliphatic hydroxyl groups is 2. The SMILES string of the molecule is O=S(=O)(C1CC1)N(CC(O)CO)c1ccc(F)c(F)c1Nc1ccc(I)cc1F. The highest BCUT2D eigenvalue weighted by molar-refractivity contribution is 14.1. The van der Waals surface area contributed by atoms with E-state index in [1.165, 1.54) is 18.2 Å². The summed E-state index contributed by atoms with van der Waals surface area (Å²) < 4.78 is 69.9. The smallest absolute Gasteiger partial charge is 0.238 e. The van der Waals surface area contributed by atoms with Crippen LogP contribution in [-0.2, 0) is 10.0 Å². The molecule has 1 fully saturated rings. The zero-order valence-electron chi connectivity index (χ0n) is 14.9. The maximum Gasteiger partial charge on any atom is 0.238 e. The number of nitrogens with one attached hydrogen (secondary N) is 1. The second-order valence-electron chi connectivity index (χ2n) is 6.62. The largest absolute Gasteiger partial charge is 0.394 e. The van der Waals surface area contributed by atoms with E-state index in [1.807, 2.05) is 22.6 Å². The van der Waals surface area contributed by atoms with Gasteiger partial charge in [0.1, 0.15) is 11.5 Å². The van der Waals surface area contributed by atoms with Crippen molar-refractivity contribution in [1.82, 2.24) is 0 Å². The molecule has 1 unspecified atom stereocenters. The standard InChI is InChI=1S/C18H18F3IN2O4S/c19-13-4-6-16(24(8-11(26)9-25)29(27,28)12-2-3-12)18(17(13)21)23-15-5-1-10(22)7-14(15)20/h1,4-7,11-12,23,25-26H,2-3,8-9H2. The molecule has 2 aromatic carbocycles. The van der Waals surface area contributed by atoms with Crippen LogP contribution in [0, 0.1) is 21.0 Å². The predicted octanol–water partition coefficient (Wildman–Crippen LogP) is 3.10. The molecule has 1 aliphatic carbocycles. The highest BCUT2D eigenvalue weighted by Gasteiger charge is 2.42. The lowest BCUT2D eigenvalue weighted by Crippen LogP contribution is -2.41. The average molecular weight is 542 g/mol. The van der Waals surface area contributed by atoms with E-state index < -0.39 is 57.7 Å². The van der Waals surface area contributed by atoms with Crippen LogP contribution in [0.4, 0.5) is 30.2 Å². The molecular formula is C18H18F3IN2O4S.